The number of nitrogens with one attached hydrogen (secondary N) is 1. The summed E-state index contributed by atoms with van der Waals surface area (Å²) in [5, 5.41) is 11.7. The number of hydrogen-bond donors (Lipinski definition) is 2. The third kappa shape index (κ3) is 2.99. The molecule has 2 aliphatic carbocycles. The van der Waals surface area contributed by atoms with Gasteiger partial charge in [0.05, 0.1) is 12.1 Å². The summed E-state index contributed by atoms with van der Waals surface area (Å²) in [6, 6.07) is 0. The van der Waals surface area contributed by atoms with Gasteiger partial charge >= 0.3 is 5.69 Å². The van der Waals surface area contributed by atoms with Gasteiger partial charge in [-0.2, -0.15) is 0 Å². The van der Waals surface area contributed by atoms with Crippen molar-refractivity contribution in [2.45, 2.75) is 63.9 Å². The van der Waals surface area contributed by atoms with E-state index in [1.165, 1.54) is 20.8 Å². The van der Waals surface area contributed by atoms with Gasteiger partial charge in [0.15, 0.2) is 0 Å². The lowest BCUT2D eigenvalue weighted by molar-refractivity contribution is -0.111. The summed E-state index contributed by atoms with van der Waals surface area (Å²) in [7, 11) is 0. The van der Waals surface area contributed by atoms with Gasteiger partial charge in [-0.1, -0.05) is 0 Å². The van der Waals surface area contributed by atoms with Gasteiger partial charge in [-0.25, -0.2) is 13.6 Å². The number of imidazole rings is 1. The molecule has 0 saturated heterocycles. The van der Waals surface area contributed by atoms with Crippen molar-refractivity contribution in [3.8, 4) is 0 Å². The lowest BCUT2D eigenvalue weighted by Crippen LogP contribution is -2.60. The van der Waals surface area contributed by atoms with Gasteiger partial charge in [-0.15, -0.1) is 11.3 Å². The van der Waals surface area contributed by atoms with Crippen molar-refractivity contribution in [3.63, 3.8) is 0 Å². The van der Waals surface area contributed by atoms with E-state index in [0.29, 0.717) is 17.1 Å². The fourth-order valence-corrected chi connectivity index (χ4v) is 5.88. The molecule has 1 unspecified atom stereocenters. The Balaban J connectivity index is 1.54. The smallest absolute Gasteiger partial charge is 0.325 e. The summed E-state index contributed by atoms with van der Waals surface area (Å²) < 4.78 is 28.3. The Bertz CT molecular complexity index is 1060. The monoisotopic (exact) mass is 438 g/mol. The van der Waals surface area contributed by atoms with E-state index < -0.39 is 17.8 Å². The van der Waals surface area contributed by atoms with Crippen LogP contribution in [0.5, 0.6) is 0 Å². The Morgan fingerprint density at radius 1 is 1.30 bits per heavy atom. The van der Waals surface area contributed by atoms with Crippen LogP contribution in [0.25, 0.3) is 0 Å². The molecular weight excluding hydrogens is 414 g/mol. The predicted molar refractivity (Wildman–Crippen MR) is 108 cm³/mol. The van der Waals surface area contributed by atoms with Crippen molar-refractivity contribution < 1.29 is 18.7 Å². The maximum atomic E-state index is 13.4. The summed E-state index contributed by atoms with van der Waals surface area (Å²) in [5.41, 5.74) is 0.636. The Labute approximate surface area is 175 Å². The molecular formula is C20H24F2N4O3S. The molecule has 1 amide bonds. The molecule has 0 aromatic carbocycles. The van der Waals surface area contributed by atoms with Crippen molar-refractivity contribution in [3.05, 3.63) is 38.9 Å². The summed E-state index contributed by atoms with van der Waals surface area (Å²) in [6.45, 7) is 4.37. The number of aromatic nitrogens is 2. The number of rotatable bonds is 5. The molecule has 2 aromatic rings. The molecule has 3 aliphatic rings. The molecule has 30 heavy (non-hydrogen) atoms. The van der Waals surface area contributed by atoms with Crippen LogP contribution in [0.2, 0.25) is 0 Å². The zero-order valence-corrected chi connectivity index (χ0v) is 17.6. The number of anilines is 1. The van der Waals surface area contributed by atoms with Crippen LogP contribution in [0, 0.1) is 12.8 Å². The van der Waals surface area contributed by atoms with E-state index in [0.717, 1.165) is 23.3 Å². The first-order valence-electron chi connectivity index (χ1n) is 10.1. The maximum Gasteiger partial charge on any atom is 0.325 e. The topological polar surface area (TPSA) is 81.6 Å². The van der Waals surface area contributed by atoms with E-state index >= 15 is 0 Å². The minimum absolute atomic E-state index is 0.202. The van der Waals surface area contributed by atoms with E-state index in [2.05, 4.69) is 4.98 Å². The Hall–Kier alpha value is -2.20. The second-order valence-electron chi connectivity index (χ2n) is 9.02. The van der Waals surface area contributed by atoms with Crippen molar-refractivity contribution >= 4 is 22.2 Å². The molecule has 2 fully saturated rings. The normalized spacial score (nSPS) is 24.7. The van der Waals surface area contributed by atoms with Gasteiger partial charge in [0.1, 0.15) is 5.00 Å². The second kappa shape index (κ2) is 6.40. The number of H-pyrrole nitrogens is 1. The molecule has 7 nitrogen and oxygen atoms in total. The van der Waals surface area contributed by atoms with Gasteiger partial charge < -0.3 is 15.0 Å². The Morgan fingerprint density at radius 2 is 2.00 bits per heavy atom. The number of nitrogens with zero attached hydrogens (tertiary/aromatic N) is 3. The molecule has 0 radical (unpaired) electrons. The highest BCUT2D eigenvalue weighted by atomic mass is 32.1. The number of aromatic amines is 1. The number of amides is 1. The molecule has 0 spiro atoms. The number of hydrogen-bond acceptors (Lipinski definition) is 5. The average molecular weight is 439 g/mol. The first-order valence-corrected chi connectivity index (χ1v) is 10.9. The van der Waals surface area contributed by atoms with Crippen LogP contribution >= 0.6 is 11.3 Å². The minimum atomic E-state index is -2.64. The molecule has 2 aromatic heterocycles. The molecule has 10 heteroatoms. The van der Waals surface area contributed by atoms with E-state index in [9.17, 15) is 23.5 Å². The fraction of sp³-hybridized carbons (Fsp3) is 0.600. The number of carbonyl (C=O) groups excluding carboxylic acids is 1. The summed E-state index contributed by atoms with van der Waals surface area (Å²) in [4.78, 5) is 32.0. The number of aliphatic hydroxyl groups excluding tert-OH is 1. The van der Waals surface area contributed by atoms with E-state index in [-0.39, 0.29) is 36.9 Å². The average Bonchev–Trinajstić information content (AvgIpc) is 3.10. The molecule has 5 rings (SSSR count). The Morgan fingerprint density at radius 3 is 2.57 bits per heavy atom. The SMILES string of the molecule is Cc1c(Cn2cc[nH]c2=O)sc2c1C(=O)N(C1(C)CC1)C(O)N2CC1CC(F)(F)C1. The number of alkyl halides is 2. The highest BCUT2D eigenvalue weighted by Gasteiger charge is 2.55. The molecule has 2 N–H and O–H groups in total. The maximum absolute atomic E-state index is 13.4. The summed E-state index contributed by atoms with van der Waals surface area (Å²) in [6.07, 6.45) is 3.22. The van der Waals surface area contributed by atoms with Crippen LogP contribution in [-0.4, -0.2) is 49.8 Å². The van der Waals surface area contributed by atoms with Crippen molar-refractivity contribution in [1.29, 1.82) is 0 Å². The fourth-order valence-electron chi connectivity index (χ4n) is 4.56. The van der Waals surface area contributed by atoms with Gasteiger partial charge in [0.25, 0.3) is 5.91 Å². The molecule has 3 heterocycles. The zero-order chi connectivity index (χ0) is 21.4. The number of aliphatic hydroxyl groups is 1. The lowest BCUT2D eigenvalue weighted by Gasteiger charge is -2.47. The third-order valence-corrected chi connectivity index (χ3v) is 7.96. The molecule has 1 atom stereocenters. The van der Waals surface area contributed by atoms with Gasteiger partial charge in [0, 0.05) is 42.2 Å². The van der Waals surface area contributed by atoms with Crippen LogP contribution in [-0.2, 0) is 6.54 Å². The van der Waals surface area contributed by atoms with Crippen LogP contribution in [0.1, 0.15) is 53.4 Å². The number of thiophene rings is 1. The standard InChI is InChI=1S/C20H24F2N4O3S/c1-11-13(10-24-6-5-23-17(24)28)30-16-14(11)15(27)26(19(2)3-4-19)18(29)25(16)9-12-7-20(21,22)8-12/h5-6,12,18,29H,3-4,7-10H2,1-2H3,(H,23,28). The second-order valence-corrected chi connectivity index (χ2v) is 10.1. The largest absolute Gasteiger partial charge is 0.356 e. The van der Waals surface area contributed by atoms with Crippen molar-refractivity contribution in [1.82, 2.24) is 14.5 Å². The lowest BCUT2D eigenvalue weighted by atomic mass is 9.81. The van der Waals surface area contributed by atoms with Gasteiger partial charge in [-0.3, -0.25) is 14.3 Å². The number of halogens is 2. The quantitative estimate of drug-likeness (QED) is 0.752. The highest BCUT2D eigenvalue weighted by molar-refractivity contribution is 7.16. The summed E-state index contributed by atoms with van der Waals surface area (Å²) in [5.74, 6) is -3.10. The van der Waals surface area contributed by atoms with Gasteiger partial charge in [-0.05, 0) is 38.2 Å². The van der Waals surface area contributed by atoms with E-state index in [1.54, 1.807) is 17.3 Å². The van der Waals surface area contributed by atoms with Crippen molar-refractivity contribution in [2.75, 3.05) is 11.4 Å². The van der Waals surface area contributed by atoms with Crippen LogP contribution in [0.4, 0.5) is 13.8 Å². The van der Waals surface area contributed by atoms with Crippen molar-refractivity contribution in [2.24, 2.45) is 5.92 Å². The minimum Gasteiger partial charge on any atom is -0.356 e. The van der Waals surface area contributed by atoms with E-state index in [1.807, 2.05) is 13.8 Å². The molecule has 2 saturated carbocycles. The molecule has 1 aliphatic heterocycles. The summed E-state index contributed by atoms with van der Waals surface area (Å²) >= 11 is 1.35. The highest BCUT2D eigenvalue weighted by Crippen LogP contribution is 2.51. The first kappa shape index (κ1) is 19.7. The molecule has 0 bridgehead atoms. The molecule has 162 valence electrons. The van der Waals surface area contributed by atoms with Gasteiger partial charge in [0.2, 0.25) is 12.3 Å². The predicted octanol–water partition coefficient (Wildman–Crippen LogP) is 2.73. The van der Waals surface area contributed by atoms with Crippen LogP contribution in [0.15, 0.2) is 17.2 Å². The first-order chi connectivity index (χ1) is 14.1. The van der Waals surface area contributed by atoms with E-state index in [4.69, 9.17) is 0 Å². The van der Waals surface area contributed by atoms with Crippen LogP contribution < -0.4 is 10.6 Å². The zero-order valence-electron chi connectivity index (χ0n) is 16.8. The Kier molecular flexibility index (Phi) is 4.21. The third-order valence-electron chi connectivity index (χ3n) is 6.65. The van der Waals surface area contributed by atoms with Crippen LogP contribution in [0.3, 0.4) is 0 Å². The number of fused-ring (bicyclic) bond motifs is 1. The number of carbonyl (C=O) groups is 1.